The summed E-state index contributed by atoms with van der Waals surface area (Å²) in [6, 6.07) is 20.4. The van der Waals surface area contributed by atoms with Gasteiger partial charge in [0, 0.05) is 11.8 Å². The first-order valence-corrected chi connectivity index (χ1v) is 9.07. The zero-order chi connectivity index (χ0) is 19.8. The summed E-state index contributed by atoms with van der Waals surface area (Å²) in [5, 5.41) is 7.06. The third-order valence-electron chi connectivity index (χ3n) is 4.63. The van der Waals surface area contributed by atoms with Crippen molar-refractivity contribution >= 4 is 28.3 Å². The Kier molecular flexibility index (Phi) is 3.94. The number of carbonyl (C=O) groups excluding carboxylic acids is 1. The number of aromatic nitrogens is 5. The number of pyridine rings is 1. The van der Waals surface area contributed by atoms with Crippen molar-refractivity contribution in [3.05, 3.63) is 83.4 Å². The van der Waals surface area contributed by atoms with Crippen LogP contribution in [0, 0.1) is 0 Å². The molecular weight excluding hydrogens is 368 g/mol. The molecule has 8 nitrogen and oxygen atoms in total. The van der Waals surface area contributed by atoms with Crippen LogP contribution in [0.3, 0.4) is 0 Å². The SMILES string of the molecule is O=C(Cn1nc2ccccn2c1=O)Nc1ccccc1-c1nc2ccccc2[nH]1. The number of H-pyrrole nitrogens is 1. The van der Waals surface area contributed by atoms with Crippen molar-refractivity contribution in [1.29, 1.82) is 0 Å². The Bertz CT molecular complexity index is 1380. The molecule has 8 heteroatoms. The van der Waals surface area contributed by atoms with Crippen LogP contribution in [-0.4, -0.2) is 30.1 Å². The zero-order valence-corrected chi connectivity index (χ0v) is 15.2. The lowest BCUT2D eigenvalue weighted by molar-refractivity contribution is -0.117. The molecule has 5 rings (SSSR count). The highest BCUT2D eigenvalue weighted by Crippen LogP contribution is 2.27. The van der Waals surface area contributed by atoms with E-state index < -0.39 is 0 Å². The standard InChI is InChI=1S/C21H16N6O2/c28-19(13-27-21(29)26-12-6-5-11-18(26)25-27)22-15-8-2-1-7-14(15)20-23-16-9-3-4-10-17(16)24-20/h1-12H,13H2,(H,22,28)(H,23,24). The number of carbonyl (C=O) groups is 1. The second kappa shape index (κ2) is 6.75. The molecule has 142 valence electrons. The predicted octanol–water partition coefficient (Wildman–Crippen LogP) is 2.68. The van der Waals surface area contributed by atoms with Gasteiger partial charge in [-0.2, -0.15) is 0 Å². The lowest BCUT2D eigenvalue weighted by Gasteiger charge is -2.09. The number of benzene rings is 2. The summed E-state index contributed by atoms with van der Waals surface area (Å²) in [4.78, 5) is 32.9. The Hall–Kier alpha value is -4.20. The summed E-state index contributed by atoms with van der Waals surface area (Å²) in [5.74, 6) is 0.311. The van der Waals surface area contributed by atoms with Crippen LogP contribution < -0.4 is 11.0 Å². The topological polar surface area (TPSA) is 97.1 Å². The molecule has 1 amide bonds. The Morgan fingerprint density at radius 1 is 1.00 bits per heavy atom. The van der Waals surface area contributed by atoms with E-state index in [1.165, 1.54) is 4.40 Å². The quantitative estimate of drug-likeness (QED) is 0.498. The summed E-state index contributed by atoms with van der Waals surface area (Å²) in [5.41, 5.74) is 3.27. The molecule has 5 aromatic rings. The second-order valence-corrected chi connectivity index (χ2v) is 6.57. The average Bonchev–Trinajstić information content (AvgIpc) is 3.30. The van der Waals surface area contributed by atoms with Gasteiger partial charge in [-0.05, 0) is 36.4 Å². The van der Waals surface area contributed by atoms with Crippen LogP contribution >= 0.6 is 0 Å². The maximum Gasteiger partial charge on any atom is 0.350 e. The van der Waals surface area contributed by atoms with Gasteiger partial charge in [0.2, 0.25) is 5.91 Å². The summed E-state index contributed by atoms with van der Waals surface area (Å²) in [6.07, 6.45) is 1.62. The molecule has 0 fully saturated rings. The molecule has 3 aromatic heterocycles. The van der Waals surface area contributed by atoms with Gasteiger partial charge in [-0.25, -0.2) is 14.5 Å². The normalized spacial score (nSPS) is 11.2. The Labute approximate surface area is 164 Å². The molecule has 2 aromatic carbocycles. The van der Waals surface area contributed by atoms with Gasteiger partial charge in [0.25, 0.3) is 0 Å². The van der Waals surface area contributed by atoms with E-state index in [-0.39, 0.29) is 18.1 Å². The molecular formula is C21H16N6O2. The molecule has 3 heterocycles. The van der Waals surface area contributed by atoms with Crippen molar-refractivity contribution in [2.24, 2.45) is 0 Å². The summed E-state index contributed by atoms with van der Waals surface area (Å²) in [7, 11) is 0. The van der Waals surface area contributed by atoms with Gasteiger partial charge in [-0.1, -0.05) is 30.3 Å². The number of imidazole rings is 1. The highest BCUT2D eigenvalue weighted by atomic mass is 16.2. The maximum absolute atomic E-state index is 12.6. The van der Waals surface area contributed by atoms with Crippen molar-refractivity contribution in [3.8, 4) is 11.4 Å². The number of anilines is 1. The van der Waals surface area contributed by atoms with Crippen LogP contribution in [0.1, 0.15) is 0 Å². The van der Waals surface area contributed by atoms with Crippen LogP contribution in [0.25, 0.3) is 28.1 Å². The lowest BCUT2D eigenvalue weighted by atomic mass is 10.1. The van der Waals surface area contributed by atoms with E-state index in [1.54, 1.807) is 30.5 Å². The van der Waals surface area contributed by atoms with E-state index in [0.717, 1.165) is 21.3 Å². The molecule has 0 bridgehead atoms. The minimum absolute atomic E-state index is 0.186. The van der Waals surface area contributed by atoms with Crippen molar-refractivity contribution in [1.82, 2.24) is 24.1 Å². The first-order valence-electron chi connectivity index (χ1n) is 9.07. The molecule has 0 saturated heterocycles. The van der Waals surface area contributed by atoms with E-state index >= 15 is 0 Å². The smallest absolute Gasteiger partial charge is 0.338 e. The highest BCUT2D eigenvalue weighted by Gasteiger charge is 2.14. The molecule has 0 aliphatic rings. The summed E-state index contributed by atoms with van der Waals surface area (Å²) < 4.78 is 2.55. The van der Waals surface area contributed by atoms with Crippen LogP contribution in [0.5, 0.6) is 0 Å². The van der Waals surface area contributed by atoms with Gasteiger partial charge in [0.1, 0.15) is 12.4 Å². The van der Waals surface area contributed by atoms with Crippen LogP contribution in [-0.2, 0) is 11.3 Å². The number of fused-ring (bicyclic) bond motifs is 2. The number of para-hydroxylation sites is 3. The minimum Gasteiger partial charge on any atom is -0.338 e. The van der Waals surface area contributed by atoms with Crippen molar-refractivity contribution in [2.75, 3.05) is 5.32 Å². The number of rotatable bonds is 4. The number of amides is 1. The van der Waals surface area contributed by atoms with Gasteiger partial charge in [0.05, 0.1) is 16.7 Å². The largest absolute Gasteiger partial charge is 0.350 e. The van der Waals surface area contributed by atoms with E-state index in [9.17, 15) is 9.59 Å². The number of hydrogen-bond donors (Lipinski definition) is 2. The van der Waals surface area contributed by atoms with Crippen LogP contribution in [0.15, 0.2) is 77.7 Å². The van der Waals surface area contributed by atoms with Crippen molar-refractivity contribution in [2.45, 2.75) is 6.54 Å². The number of aromatic amines is 1. The molecule has 0 saturated carbocycles. The molecule has 0 atom stereocenters. The molecule has 0 unspecified atom stereocenters. The summed E-state index contributed by atoms with van der Waals surface area (Å²) >= 11 is 0. The highest BCUT2D eigenvalue weighted by molar-refractivity contribution is 5.95. The summed E-state index contributed by atoms with van der Waals surface area (Å²) in [6.45, 7) is -0.186. The molecule has 0 spiro atoms. The first kappa shape index (κ1) is 16.9. The molecule has 2 N–H and O–H groups in total. The number of nitrogens with one attached hydrogen (secondary N) is 2. The third kappa shape index (κ3) is 3.06. The van der Waals surface area contributed by atoms with Crippen molar-refractivity contribution in [3.63, 3.8) is 0 Å². The molecule has 0 aliphatic heterocycles. The minimum atomic E-state index is -0.360. The second-order valence-electron chi connectivity index (χ2n) is 6.57. The van der Waals surface area contributed by atoms with Gasteiger partial charge in [0.15, 0.2) is 5.65 Å². The number of hydrogen-bond acceptors (Lipinski definition) is 4. The lowest BCUT2D eigenvalue weighted by Crippen LogP contribution is -2.28. The first-order chi connectivity index (χ1) is 14.2. The van der Waals surface area contributed by atoms with E-state index in [1.807, 2.05) is 42.5 Å². The Balaban J connectivity index is 1.44. The predicted molar refractivity (Wildman–Crippen MR) is 110 cm³/mol. The average molecular weight is 384 g/mol. The van der Waals surface area contributed by atoms with Gasteiger partial charge >= 0.3 is 5.69 Å². The fourth-order valence-corrected chi connectivity index (χ4v) is 3.28. The monoisotopic (exact) mass is 384 g/mol. The van der Waals surface area contributed by atoms with E-state index in [4.69, 9.17) is 0 Å². The third-order valence-corrected chi connectivity index (χ3v) is 4.63. The molecule has 0 aliphatic carbocycles. The van der Waals surface area contributed by atoms with Gasteiger partial charge < -0.3 is 10.3 Å². The Morgan fingerprint density at radius 3 is 2.66 bits per heavy atom. The Morgan fingerprint density at radius 2 is 1.79 bits per heavy atom. The van der Waals surface area contributed by atoms with Crippen LogP contribution in [0.2, 0.25) is 0 Å². The van der Waals surface area contributed by atoms with Crippen LogP contribution in [0.4, 0.5) is 5.69 Å². The number of nitrogens with zero attached hydrogens (tertiary/aromatic N) is 4. The molecule has 29 heavy (non-hydrogen) atoms. The van der Waals surface area contributed by atoms with Gasteiger partial charge in [-0.3, -0.25) is 9.20 Å². The van der Waals surface area contributed by atoms with Crippen molar-refractivity contribution < 1.29 is 4.79 Å². The fraction of sp³-hybridized carbons (Fsp3) is 0.0476. The maximum atomic E-state index is 12.6. The molecule has 0 radical (unpaired) electrons. The van der Waals surface area contributed by atoms with E-state index in [2.05, 4.69) is 20.4 Å². The van der Waals surface area contributed by atoms with E-state index in [0.29, 0.717) is 17.2 Å². The zero-order valence-electron chi connectivity index (χ0n) is 15.2. The fourth-order valence-electron chi connectivity index (χ4n) is 3.28. The van der Waals surface area contributed by atoms with Gasteiger partial charge in [-0.15, -0.1) is 5.10 Å².